The average Bonchev–Trinajstić information content (AvgIpc) is 3.49. The molecule has 3 aromatic rings. The second kappa shape index (κ2) is 9.26. The summed E-state index contributed by atoms with van der Waals surface area (Å²) in [5.41, 5.74) is 3.23. The number of pyridine rings is 1. The molecule has 4 amide bonds. The smallest absolute Gasteiger partial charge is 0.325 e. The molecule has 7 nitrogen and oxygen atoms in total. The van der Waals surface area contributed by atoms with Gasteiger partial charge in [-0.25, -0.2) is 4.79 Å². The first-order valence-electron chi connectivity index (χ1n) is 11.8. The highest BCUT2D eigenvalue weighted by molar-refractivity contribution is 7.07. The van der Waals surface area contributed by atoms with Crippen molar-refractivity contribution in [3.05, 3.63) is 87.4 Å². The van der Waals surface area contributed by atoms with Crippen molar-refractivity contribution in [2.45, 2.75) is 38.8 Å². The number of thiophene rings is 1. The molecule has 8 heteroatoms. The number of carbonyl (C=O) groups excluding carboxylic acids is 3. The second-order valence-corrected chi connectivity index (χ2v) is 10.1. The predicted octanol–water partition coefficient (Wildman–Crippen LogP) is 4.26. The Morgan fingerprint density at radius 2 is 1.94 bits per heavy atom. The first-order chi connectivity index (χ1) is 16.9. The van der Waals surface area contributed by atoms with E-state index in [9.17, 15) is 14.4 Å². The van der Waals surface area contributed by atoms with Crippen LogP contribution in [0.3, 0.4) is 0 Å². The average molecular weight is 489 g/mol. The van der Waals surface area contributed by atoms with Crippen molar-refractivity contribution in [3.63, 3.8) is 0 Å². The van der Waals surface area contributed by atoms with E-state index in [1.54, 1.807) is 18.5 Å². The predicted molar refractivity (Wildman–Crippen MR) is 134 cm³/mol. The molecule has 180 valence electrons. The number of hydrogen-bond acceptors (Lipinski definition) is 5. The zero-order chi connectivity index (χ0) is 24.6. The van der Waals surface area contributed by atoms with E-state index in [1.807, 2.05) is 59.8 Å². The van der Waals surface area contributed by atoms with E-state index in [0.29, 0.717) is 31.5 Å². The Bertz CT molecular complexity index is 1250. The second-order valence-electron chi connectivity index (χ2n) is 9.32. The fourth-order valence-electron chi connectivity index (χ4n) is 5.28. The van der Waals surface area contributed by atoms with E-state index in [1.165, 1.54) is 16.2 Å². The molecule has 1 atom stereocenters. The van der Waals surface area contributed by atoms with Gasteiger partial charge in [0.1, 0.15) is 0 Å². The lowest BCUT2D eigenvalue weighted by molar-refractivity contribution is -0.134. The van der Waals surface area contributed by atoms with Crippen LogP contribution in [0.2, 0.25) is 0 Å². The number of nitrogens with one attached hydrogen (secondary N) is 1. The summed E-state index contributed by atoms with van der Waals surface area (Å²) in [4.78, 5) is 47.7. The third kappa shape index (κ3) is 4.01. The zero-order valence-electron chi connectivity index (χ0n) is 19.9. The van der Waals surface area contributed by atoms with E-state index in [2.05, 4.69) is 10.3 Å². The summed E-state index contributed by atoms with van der Waals surface area (Å²) in [6, 6.07) is 11.0. The van der Waals surface area contributed by atoms with Gasteiger partial charge in [-0.1, -0.05) is 18.2 Å². The van der Waals surface area contributed by atoms with Gasteiger partial charge < -0.3 is 10.2 Å². The topological polar surface area (TPSA) is 82.6 Å². The van der Waals surface area contributed by atoms with Crippen molar-refractivity contribution >= 4 is 29.2 Å². The number of likely N-dealkylation sites (tertiary alicyclic amines) is 1. The lowest BCUT2D eigenvalue weighted by atomic mass is 9.73. The van der Waals surface area contributed by atoms with Gasteiger partial charge in [-0.2, -0.15) is 11.3 Å². The van der Waals surface area contributed by atoms with Gasteiger partial charge in [-0.15, -0.1) is 0 Å². The number of rotatable bonds is 5. The lowest BCUT2D eigenvalue weighted by Crippen LogP contribution is -2.54. The Labute approximate surface area is 208 Å². The summed E-state index contributed by atoms with van der Waals surface area (Å²) in [5.74, 6) is -0.389. The van der Waals surface area contributed by atoms with Crippen LogP contribution in [0.5, 0.6) is 0 Å². The molecule has 0 aliphatic carbocycles. The molecule has 2 fully saturated rings. The van der Waals surface area contributed by atoms with E-state index >= 15 is 0 Å². The van der Waals surface area contributed by atoms with Crippen LogP contribution in [0, 0.1) is 19.8 Å². The van der Waals surface area contributed by atoms with Crippen molar-refractivity contribution in [3.8, 4) is 0 Å². The summed E-state index contributed by atoms with van der Waals surface area (Å²) in [5, 5.41) is 6.94. The van der Waals surface area contributed by atoms with E-state index in [0.717, 1.165) is 22.3 Å². The number of piperidine rings is 1. The first kappa shape index (κ1) is 23.2. The SMILES string of the molecule is Cc1cccc(C(=O)N2CCC([C@]3(c4cccnc4)NC(=O)N(Cc4ccsc4)C3=O)CC2)c1C. The quantitative estimate of drug-likeness (QED) is 0.544. The van der Waals surface area contributed by atoms with Crippen LogP contribution in [-0.4, -0.2) is 45.7 Å². The molecule has 0 unspecified atom stereocenters. The highest BCUT2D eigenvalue weighted by atomic mass is 32.1. The number of carbonyl (C=O) groups is 3. The number of amides is 4. The number of aromatic nitrogens is 1. The molecule has 4 heterocycles. The van der Waals surface area contributed by atoms with Crippen LogP contribution in [0.4, 0.5) is 4.79 Å². The van der Waals surface area contributed by atoms with Crippen LogP contribution >= 0.6 is 11.3 Å². The van der Waals surface area contributed by atoms with Gasteiger partial charge in [0.05, 0.1) is 6.54 Å². The number of aryl methyl sites for hydroxylation is 1. The van der Waals surface area contributed by atoms with Gasteiger partial charge in [-0.3, -0.25) is 19.5 Å². The molecule has 0 bridgehead atoms. The number of urea groups is 1. The molecule has 2 saturated heterocycles. The van der Waals surface area contributed by atoms with Crippen LogP contribution in [0.1, 0.15) is 45.5 Å². The van der Waals surface area contributed by atoms with Crippen molar-refractivity contribution in [1.82, 2.24) is 20.1 Å². The Kier molecular flexibility index (Phi) is 6.15. The molecular weight excluding hydrogens is 460 g/mol. The van der Waals surface area contributed by atoms with Gasteiger partial charge >= 0.3 is 6.03 Å². The fraction of sp³-hybridized carbons (Fsp3) is 0.333. The normalized spacial score (nSPS) is 20.9. The van der Waals surface area contributed by atoms with E-state index in [4.69, 9.17) is 0 Å². The van der Waals surface area contributed by atoms with Gasteiger partial charge in [0.2, 0.25) is 0 Å². The molecule has 0 saturated carbocycles. The molecule has 1 N–H and O–H groups in total. The number of benzene rings is 1. The zero-order valence-corrected chi connectivity index (χ0v) is 20.7. The Morgan fingerprint density at radius 1 is 1.14 bits per heavy atom. The van der Waals surface area contributed by atoms with Crippen LogP contribution in [0.15, 0.2) is 59.6 Å². The molecule has 5 rings (SSSR count). The largest absolute Gasteiger partial charge is 0.339 e. The highest BCUT2D eigenvalue weighted by Gasteiger charge is 2.57. The van der Waals surface area contributed by atoms with Crippen molar-refractivity contribution in [2.24, 2.45) is 5.92 Å². The minimum atomic E-state index is -1.18. The molecule has 35 heavy (non-hydrogen) atoms. The van der Waals surface area contributed by atoms with Gasteiger partial charge in [0, 0.05) is 36.6 Å². The van der Waals surface area contributed by atoms with E-state index < -0.39 is 5.54 Å². The standard InChI is InChI=1S/C27H28N4O3S/c1-18-5-3-7-23(19(18)2)24(32)30-12-8-21(9-13-30)27(22-6-4-11-28-15-22)25(33)31(26(34)29-27)16-20-10-14-35-17-20/h3-7,10-11,14-15,17,21H,8-9,12-13,16H2,1-2H3,(H,29,34)/t27-/m1/s1. The maximum Gasteiger partial charge on any atom is 0.325 e. The van der Waals surface area contributed by atoms with Crippen LogP contribution in [-0.2, 0) is 16.9 Å². The Morgan fingerprint density at radius 3 is 2.63 bits per heavy atom. The first-order valence-corrected chi connectivity index (χ1v) is 12.8. The maximum absolute atomic E-state index is 13.9. The molecule has 2 aliphatic heterocycles. The number of imide groups is 1. The van der Waals surface area contributed by atoms with Crippen LogP contribution < -0.4 is 5.32 Å². The minimum absolute atomic E-state index is 0.0148. The molecular formula is C27H28N4O3S. The summed E-state index contributed by atoms with van der Waals surface area (Å²) in [6.07, 6.45) is 4.53. The van der Waals surface area contributed by atoms with Gasteiger partial charge in [0.25, 0.3) is 11.8 Å². The third-order valence-electron chi connectivity index (χ3n) is 7.40. The van der Waals surface area contributed by atoms with Crippen molar-refractivity contribution < 1.29 is 14.4 Å². The van der Waals surface area contributed by atoms with Gasteiger partial charge in [0.15, 0.2) is 5.54 Å². The minimum Gasteiger partial charge on any atom is -0.339 e. The summed E-state index contributed by atoms with van der Waals surface area (Å²) >= 11 is 1.54. The van der Waals surface area contributed by atoms with Crippen molar-refractivity contribution in [1.29, 1.82) is 0 Å². The molecule has 0 radical (unpaired) electrons. The highest BCUT2D eigenvalue weighted by Crippen LogP contribution is 2.42. The summed E-state index contributed by atoms with van der Waals surface area (Å²) in [7, 11) is 0. The maximum atomic E-state index is 13.9. The molecule has 0 spiro atoms. The third-order valence-corrected chi connectivity index (χ3v) is 8.13. The monoisotopic (exact) mass is 488 g/mol. The molecule has 2 aliphatic rings. The summed E-state index contributed by atoms with van der Waals surface area (Å²) in [6.45, 7) is 5.26. The number of nitrogens with zero attached hydrogens (tertiary/aromatic N) is 3. The summed E-state index contributed by atoms with van der Waals surface area (Å²) < 4.78 is 0. The van der Waals surface area contributed by atoms with E-state index in [-0.39, 0.29) is 30.3 Å². The number of hydrogen-bond donors (Lipinski definition) is 1. The Hall–Kier alpha value is -3.52. The van der Waals surface area contributed by atoms with Crippen LogP contribution in [0.25, 0.3) is 0 Å². The van der Waals surface area contributed by atoms with Gasteiger partial charge in [-0.05, 0) is 78.3 Å². The lowest BCUT2D eigenvalue weighted by Gasteiger charge is -2.41. The molecule has 1 aromatic carbocycles. The fourth-order valence-corrected chi connectivity index (χ4v) is 5.94. The molecule has 2 aromatic heterocycles. The van der Waals surface area contributed by atoms with Crippen molar-refractivity contribution in [2.75, 3.05) is 13.1 Å². The Balaban J connectivity index is 1.41.